The van der Waals surface area contributed by atoms with Crippen molar-refractivity contribution in [2.75, 3.05) is 0 Å². The van der Waals surface area contributed by atoms with Gasteiger partial charge in [-0.1, -0.05) is 0 Å². The number of allylic oxidation sites excluding steroid dienone is 4. The molecule has 11 heteroatoms. The maximum absolute atomic E-state index is 11.6. The molecule has 241 valence electrons. The van der Waals surface area contributed by atoms with Crippen molar-refractivity contribution in [3.05, 3.63) is 69.3 Å². The first-order chi connectivity index (χ1) is 20.8. The summed E-state index contributed by atoms with van der Waals surface area (Å²) in [5.74, 6) is -1.84. The van der Waals surface area contributed by atoms with Crippen molar-refractivity contribution in [2.45, 2.75) is 79.4 Å². The van der Waals surface area contributed by atoms with Gasteiger partial charge in [0.2, 0.25) is 0 Å². The third-order valence-electron chi connectivity index (χ3n) is 8.65. The molecule has 0 aromatic carbocycles. The molecule has 2 unspecified atom stereocenters. The van der Waals surface area contributed by atoms with Crippen molar-refractivity contribution in [3.63, 3.8) is 0 Å². The molecule has 0 aliphatic carbocycles. The van der Waals surface area contributed by atoms with E-state index < -0.39 is 24.1 Å². The molecule has 0 saturated carbocycles. The SMILES string of the molecule is CC1=C(CCC(=O)O)c2cc3nc(cc4[nH]c(cc5[nH]c(cc1n2)c(C)c5C(C)O)c(C)c4C(C)O)C(C)=C3CCC(=O)O.[Au]. The predicted octanol–water partition coefficient (Wildman–Crippen LogP) is 6.63. The zero-order valence-corrected chi connectivity index (χ0v) is 28.3. The van der Waals surface area contributed by atoms with E-state index in [9.17, 15) is 30.0 Å². The fourth-order valence-electron chi connectivity index (χ4n) is 6.32. The molecule has 2 atom stereocenters. The van der Waals surface area contributed by atoms with Crippen molar-refractivity contribution >= 4 is 56.3 Å². The van der Waals surface area contributed by atoms with E-state index in [-0.39, 0.29) is 48.1 Å². The third-order valence-corrected chi connectivity index (χ3v) is 8.65. The van der Waals surface area contributed by atoms with Crippen molar-refractivity contribution < 1.29 is 52.4 Å². The second kappa shape index (κ2) is 13.3. The van der Waals surface area contributed by atoms with Crippen LogP contribution in [0.1, 0.15) is 111 Å². The Bertz CT molecular complexity index is 1930. The van der Waals surface area contributed by atoms with Gasteiger partial charge in [0, 0.05) is 68.4 Å². The second-order valence-corrected chi connectivity index (χ2v) is 11.7. The van der Waals surface area contributed by atoms with Crippen LogP contribution in [-0.2, 0) is 32.0 Å². The number of nitrogens with zero attached hydrogens (tertiary/aromatic N) is 2. The summed E-state index contributed by atoms with van der Waals surface area (Å²) < 4.78 is 0. The maximum Gasteiger partial charge on any atom is 0.303 e. The van der Waals surface area contributed by atoms with E-state index in [2.05, 4.69) is 9.97 Å². The number of aliphatic hydroxyl groups excluding tert-OH is 2. The Morgan fingerprint density at radius 2 is 1.02 bits per heavy atom. The number of aromatic amines is 2. The molecule has 2 aliphatic rings. The van der Waals surface area contributed by atoms with E-state index in [1.807, 2.05) is 52.0 Å². The Labute approximate surface area is 276 Å². The Hall–Kier alpha value is -3.80. The molecule has 3 aromatic heterocycles. The molecule has 0 spiro atoms. The van der Waals surface area contributed by atoms with Gasteiger partial charge in [0.25, 0.3) is 0 Å². The summed E-state index contributed by atoms with van der Waals surface area (Å²) in [4.78, 5) is 39.8. The van der Waals surface area contributed by atoms with Crippen LogP contribution in [0.3, 0.4) is 0 Å². The summed E-state index contributed by atoms with van der Waals surface area (Å²) in [6.07, 6.45) is -1.18. The van der Waals surface area contributed by atoms with Crippen molar-refractivity contribution in [1.29, 1.82) is 0 Å². The standard InChI is InChI=1S/C34H38N4O6.Au/c1-15-21(7-9-31(41)42)27-14-28-22(8-10-32(43)44)16(2)24(36-28)12-29-34(20(6)40)18(4)26(38-29)13-30-33(19(5)39)17(3)25(37-30)11-23(15)35-27;/h11-14,19-20,37-40H,7-10H2,1-6H3,(H,41,42)(H,43,44);. The Balaban J connectivity index is 0.00000461. The van der Waals surface area contributed by atoms with Crippen LogP contribution in [0.25, 0.3) is 44.4 Å². The predicted molar refractivity (Wildman–Crippen MR) is 170 cm³/mol. The molecule has 1 radical (unpaired) electrons. The first-order valence-corrected chi connectivity index (χ1v) is 14.7. The molecule has 6 N–H and O–H groups in total. The number of aryl methyl sites for hydroxylation is 2. The summed E-state index contributed by atoms with van der Waals surface area (Å²) in [5.41, 5.74) is 11.7. The van der Waals surface area contributed by atoms with E-state index in [1.165, 1.54) is 0 Å². The molecule has 3 aromatic rings. The molecule has 45 heavy (non-hydrogen) atoms. The first-order valence-electron chi connectivity index (χ1n) is 14.7. The number of H-pyrrole nitrogens is 2. The maximum atomic E-state index is 11.6. The Morgan fingerprint density at radius 1 is 0.644 bits per heavy atom. The quantitative estimate of drug-likeness (QED) is 0.138. The average molecular weight is 796 g/mol. The molecule has 0 fully saturated rings. The van der Waals surface area contributed by atoms with Crippen molar-refractivity contribution in [3.8, 4) is 0 Å². The van der Waals surface area contributed by atoms with Crippen LogP contribution >= 0.6 is 0 Å². The molecular weight excluding hydrogens is 757 g/mol. The number of hydrogen-bond acceptors (Lipinski definition) is 6. The fourth-order valence-corrected chi connectivity index (χ4v) is 6.32. The molecule has 5 rings (SSSR count). The topological polar surface area (TPSA) is 172 Å². The number of carboxylic acids is 2. The van der Waals surface area contributed by atoms with Crippen molar-refractivity contribution in [1.82, 2.24) is 19.9 Å². The number of rotatable bonds is 8. The minimum atomic E-state index is -0.921. The zero-order chi connectivity index (χ0) is 32.0. The van der Waals surface area contributed by atoms with Gasteiger partial charge in [-0.05, 0) is 112 Å². The van der Waals surface area contributed by atoms with E-state index in [1.54, 1.807) is 13.8 Å². The molecule has 10 nitrogen and oxygen atoms in total. The molecule has 8 bridgehead atoms. The molecule has 2 aliphatic heterocycles. The van der Waals surface area contributed by atoms with E-state index in [0.29, 0.717) is 39.4 Å². The first kappa shape index (κ1) is 34.1. The van der Waals surface area contributed by atoms with Crippen LogP contribution in [0.5, 0.6) is 0 Å². The van der Waals surface area contributed by atoms with Crippen molar-refractivity contribution in [2.24, 2.45) is 0 Å². The minimum Gasteiger partial charge on any atom is -0.481 e. The van der Waals surface area contributed by atoms with Gasteiger partial charge >= 0.3 is 11.9 Å². The number of fused-ring (bicyclic) bond motifs is 8. The Morgan fingerprint density at radius 3 is 1.42 bits per heavy atom. The number of nitrogens with one attached hydrogen (secondary N) is 2. The number of aromatic nitrogens is 4. The van der Waals surface area contributed by atoms with Crippen LogP contribution in [-0.4, -0.2) is 52.3 Å². The molecule has 0 amide bonds. The molecular formula is C34H38AuN4O6. The summed E-state index contributed by atoms with van der Waals surface area (Å²) in [5, 5.41) is 40.5. The molecule has 5 heterocycles. The van der Waals surface area contributed by atoms with Gasteiger partial charge in [0.1, 0.15) is 0 Å². The van der Waals surface area contributed by atoms with E-state index in [4.69, 9.17) is 9.97 Å². The largest absolute Gasteiger partial charge is 0.481 e. The van der Waals surface area contributed by atoms with Crippen LogP contribution in [0, 0.1) is 13.8 Å². The smallest absolute Gasteiger partial charge is 0.303 e. The summed E-state index contributed by atoms with van der Waals surface area (Å²) in [6, 6.07) is 7.51. The van der Waals surface area contributed by atoms with E-state index >= 15 is 0 Å². The normalized spacial score (nSPS) is 14.4. The molecule has 0 saturated heterocycles. The van der Waals surface area contributed by atoms with Gasteiger partial charge in [0.05, 0.1) is 35.0 Å². The summed E-state index contributed by atoms with van der Waals surface area (Å²) >= 11 is 0. The van der Waals surface area contributed by atoms with Gasteiger partial charge in [-0.25, -0.2) is 9.97 Å². The second-order valence-electron chi connectivity index (χ2n) is 11.7. The van der Waals surface area contributed by atoms with Gasteiger partial charge in [-0.15, -0.1) is 0 Å². The third kappa shape index (κ3) is 6.61. The number of aliphatic hydroxyl groups is 2. The van der Waals surface area contributed by atoms with Crippen LogP contribution in [0.15, 0.2) is 24.3 Å². The number of aliphatic carboxylic acids is 2. The monoisotopic (exact) mass is 795 g/mol. The van der Waals surface area contributed by atoms with E-state index in [0.717, 1.165) is 50.0 Å². The number of carboxylic acid groups (broad SMARTS) is 2. The van der Waals surface area contributed by atoms with Gasteiger partial charge in [0.15, 0.2) is 0 Å². The van der Waals surface area contributed by atoms with Crippen LogP contribution in [0.4, 0.5) is 0 Å². The minimum absolute atomic E-state index is 0. The average Bonchev–Trinajstić information content (AvgIpc) is 3.59. The van der Waals surface area contributed by atoms with Gasteiger partial charge in [-0.3, -0.25) is 9.59 Å². The van der Waals surface area contributed by atoms with Gasteiger partial charge in [-0.2, -0.15) is 0 Å². The van der Waals surface area contributed by atoms with Crippen LogP contribution < -0.4 is 0 Å². The Kier molecular flexibility index (Phi) is 10.1. The zero-order valence-electron chi connectivity index (χ0n) is 26.1. The number of hydrogen-bond donors (Lipinski definition) is 6. The fraction of sp³-hybridized carbons (Fsp3) is 0.353. The van der Waals surface area contributed by atoms with Crippen LogP contribution in [0.2, 0.25) is 0 Å². The number of carbonyl (C=O) groups is 2. The van der Waals surface area contributed by atoms with Gasteiger partial charge < -0.3 is 30.4 Å². The summed E-state index contributed by atoms with van der Waals surface area (Å²) in [6.45, 7) is 11.1. The summed E-state index contributed by atoms with van der Waals surface area (Å²) in [7, 11) is 0.